The van der Waals surface area contributed by atoms with Crippen LogP contribution >= 0.6 is 0 Å². The molecule has 0 heterocycles. The van der Waals surface area contributed by atoms with Crippen molar-refractivity contribution in [3.05, 3.63) is 35.9 Å². The molecule has 0 aliphatic heterocycles. The van der Waals surface area contributed by atoms with Crippen LogP contribution in [-0.4, -0.2) is 29.5 Å². The molecule has 0 N–H and O–H groups in total. The third-order valence-corrected chi connectivity index (χ3v) is 2.46. The van der Waals surface area contributed by atoms with Crippen molar-refractivity contribution in [2.45, 2.75) is 39.2 Å². The predicted octanol–water partition coefficient (Wildman–Crippen LogP) is 3.01. The maximum Gasteiger partial charge on any atom is 0.416 e. The number of ether oxygens (including phenoxy) is 1. The third-order valence-electron chi connectivity index (χ3n) is 2.46. The fourth-order valence-electron chi connectivity index (χ4n) is 1.61. The molecular formula is C15H21NO3. The van der Waals surface area contributed by atoms with Crippen LogP contribution in [0, 0.1) is 0 Å². The lowest BCUT2D eigenvalue weighted by Gasteiger charge is -2.23. The van der Waals surface area contributed by atoms with Gasteiger partial charge in [-0.05, 0) is 39.2 Å². The minimum absolute atomic E-state index is 0.368. The lowest BCUT2D eigenvalue weighted by Crippen LogP contribution is -2.36. The molecule has 0 saturated carbocycles. The number of benzene rings is 1. The van der Waals surface area contributed by atoms with Gasteiger partial charge in [0.15, 0.2) is 0 Å². The summed E-state index contributed by atoms with van der Waals surface area (Å²) >= 11 is 0. The summed E-state index contributed by atoms with van der Waals surface area (Å²) < 4.78 is 5.15. The Morgan fingerprint density at radius 3 is 2.42 bits per heavy atom. The first-order chi connectivity index (χ1) is 8.92. The van der Waals surface area contributed by atoms with Crippen LogP contribution in [0.4, 0.5) is 4.79 Å². The fourth-order valence-corrected chi connectivity index (χ4v) is 1.61. The summed E-state index contributed by atoms with van der Waals surface area (Å²) in [6, 6.07) is 9.96. The first kappa shape index (κ1) is 15.2. The molecule has 0 unspecified atom stereocenters. The highest BCUT2D eigenvalue weighted by Crippen LogP contribution is 2.10. The number of hydrogen-bond donors (Lipinski definition) is 0. The second-order valence-corrected chi connectivity index (χ2v) is 5.37. The van der Waals surface area contributed by atoms with Gasteiger partial charge in [-0.2, -0.15) is 0 Å². The number of rotatable bonds is 5. The summed E-state index contributed by atoms with van der Waals surface area (Å²) in [5, 5.41) is 0. The monoisotopic (exact) mass is 263 g/mol. The zero-order chi connectivity index (χ0) is 14.3. The zero-order valence-electron chi connectivity index (χ0n) is 11.8. The summed E-state index contributed by atoms with van der Waals surface area (Å²) in [5.41, 5.74) is 0.607. The van der Waals surface area contributed by atoms with Crippen molar-refractivity contribution >= 4 is 12.5 Å². The Labute approximate surface area is 114 Å². The van der Waals surface area contributed by atoms with Crippen molar-refractivity contribution in [3.8, 4) is 0 Å². The summed E-state index contributed by atoms with van der Waals surface area (Å²) in [7, 11) is 0. The lowest BCUT2D eigenvalue weighted by molar-refractivity contribution is -0.117. The number of carbonyl (C=O) groups excluding carboxylic acids is 2. The summed E-state index contributed by atoms with van der Waals surface area (Å²) in [5.74, 6) is 0. The van der Waals surface area contributed by atoms with Crippen LogP contribution in [0.1, 0.15) is 32.8 Å². The van der Waals surface area contributed by atoms with E-state index in [0.717, 1.165) is 17.7 Å². The van der Waals surface area contributed by atoms with Gasteiger partial charge in [0.05, 0.1) is 0 Å². The minimum atomic E-state index is -0.587. The van der Waals surface area contributed by atoms with Crippen molar-refractivity contribution in [2.75, 3.05) is 6.54 Å². The van der Waals surface area contributed by atoms with E-state index in [9.17, 15) is 9.59 Å². The van der Waals surface area contributed by atoms with Crippen LogP contribution in [0.15, 0.2) is 30.3 Å². The second kappa shape index (κ2) is 6.92. The van der Waals surface area contributed by atoms with Crippen molar-refractivity contribution in [2.24, 2.45) is 0 Å². The van der Waals surface area contributed by atoms with Gasteiger partial charge < -0.3 is 4.74 Å². The zero-order valence-corrected chi connectivity index (χ0v) is 11.8. The van der Waals surface area contributed by atoms with E-state index < -0.39 is 11.7 Å². The van der Waals surface area contributed by atoms with E-state index in [1.54, 1.807) is 20.8 Å². The van der Waals surface area contributed by atoms with Gasteiger partial charge in [-0.1, -0.05) is 30.3 Å². The Balaban J connectivity index is 2.41. The van der Waals surface area contributed by atoms with Crippen LogP contribution in [-0.2, 0) is 16.0 Å². The van der Waals surface area contributed by atoms with Gasteiger partial charge >= 0.3 is 6.09 Å². The van der Waals surface area contributed by atoms with Crippen molar-refractivity contribution in [1.29, 1.82) is 0 Å². The first-order valence-corrected chi connectivity index (χ1v) is 6.41. The second-order valence-electron chi connectivity index (χ2n) is 5.37. The molecule has 1 aromatic carbocycles. The molecule has 0 aromatic heterocycles. The van der Waals surface area contributed by atoms with Crippen molar-refractivity contribution in [1.82, 2.24) is 4.90 Å². The van der Waals surface area contributed by atoms with Gasteiger partial charge in [0.25, 0.3) is 0 Å². The molecule has 0 bridgehead atoms. The number of imide groups is 1. The molecule has 0 atom stereocenters. The quantitative estimate of drug-likeness (QED) is 0.767. The maximum atomic E-state index is 11.7. The highest BCUT2D eigenvalue weighted by Gasteiger charge is 2.21. The Bertz CT molecular complexity index is 409. The van der Waals surface area contributed by atoms with E-state index in [-0.39, 0.29) is 0 Å². The summed E-state index contributed by atoms with van der Waals surface area (Å²) in [6.07, 6.45) is 1.49. The molecule has 0 spiro atoms. The van der Waals surface area contributed by atoms with Gasteiger partial charge in [-0.15, -0.1) is 0 Å². The van der Waals surface area contributed by atoms with Crippen LogP contribution in [0.2, 0.25) is 0 Å². The molecule has 0 radical (unpaired) electrons. The van der Waals surface area contributed by atoms with Crippen LogP contribution < -0.4 is 0 Å². The third kappa shape index (κ3) is 6.04. The highest BCUT2D eigenvalue weighted by atomic mass is 16.6. The smallest absolute Gasteiger partial charge is 0.416 e. The van der Waals surface area contributed by atoms with Gasteiger partial charge in [0.1, 0.15) is 5.60 Å². The van der Waals surface area contributed by atoms with E-state index >= 15 is 0 Å². The SMILES string of the molecule is CC(C)(C)OC(=O)N(C=O)CCCc1ccccc1. The molecule has 0 aliphatic rings. The first-order valence-electron chi connectivity index (χ1n) is 6.41. The molecule has 0 saturated heterocycles. The summed E-state index contributed by atoms with van der Waals surface area (Å²) in [6.45, 7) is 5.70. The highest BCUT2D eigenvalue weighted by molar-refractivity contribution is 5.80. The number of carbonyl (C=O) groups is 2. The Kier molecular flexibility index (Phi) is 5.55. The normalized spacial score (nSPS) is 10.9. The molecule has 4 heteroatoms. The molecule has 1 rings (SSSR count). The minimum Gasteiger partial charge on any atom is -0.443 e. The Morgan fingerprint density at radius 1 is 1.26 bits per heavy atom. The molecule has 0 fully saturated rings. The number of aryl methyl sites for hydroxylation is 1. The summed E-state index contributed by atoms with van der Waals surface area (Å²) in [4.78, 5) is 23.7. The molecule has 4 nitrogen and oxygen atoms in total. The fraction of sp³-hybridized carbons (Fsp3) is 0.467. The molecular weight excluding hydrogens is 242 g/mol. The maximum absolute atomic E-state index is 11.7. The number of hydrogen-bond acceptors (Lipinski definition) is 3. The van der Waals surface area contributed by atoms with Gasteiger partial charge in [0, 0.05) is 6.54 Å². The Morgan fingerprint density at radius 2 is 1.89 bits per heavy atom. The van der Waals surface area contributed by atoms with Crippen LogP contribution in [0.3, 0.4) is 0 Å². The van der Waals surface area contributed by atoms with Crippen molar-refractivity contribution in [3.63, 3.8) is 0 Å². The molecule has 2 amide bonds. The average Bonchev–Trinajstić information content (AvgIpc) is 2.33. The predicted molar refractivity (Wildman–Crippen MR) is 73.8 cm³/mol. The number of nitrogens with zero attached hydrogens (tertiary/aromatic N) is 1. The van der Waals surface area contributed by atoms with E-state index in [1.165, 1.54) is 5.56 Å². The average molecular weight is 263 g/mol. The van der Waals surface area contributed by atoms with E-state index in [2.05, 4.69) is 0 Å². The van der Waals surface area contributed by atoms with Crippen LogP contribution in [0.5, 0.6) is 0 Å². The van der Waals surface area contributed by atoms with Crippen LogP contribution in [0.25, 0.3) is 0 Å². The van der Waals surface area contributed by atoms with E-state index in [0.29, 0.717) is 13.0 Å². The van der Waals surface area contributed by atoms with Gasteiger partial charge in [-0.3, -0.25) is 9.69 Å². The van der Waals surface area contributed by atoms with Gasteiger partial charge in [0.2, 0.25) is 6.41 Å². The van der Waals surface area contributed by atoms with E-state index in [1.807, 2.05) is 30.3 Å². The number of amides is 2. The molecule has 104 valence electrons. The van der Waals surface area contributed by atoms with Gasteiger partial charge in [-0.25, -0.2) is 4.79 Å². The molecule has 1 aromatic rings. The largest absolute Gasteiger partial charge is 0.443 e. The standard InChI is InChI=1S/C15H21NO3/c1-15(2,3)19-14(18)16(12-17)11-7-10-13-8-5-4-6-9-13/h4-6,8-9,12H,7,10-11H2,1-3H3. The molecule has 19 heavy (non-hydrogen) atoms. The lowest BCUT2D eigenvalue weighted by atomic mass is 10.1. The molecule has 0 aliphatic carbocycles. The topological polar surface area (TPSA) is 46.6 Å². The van der Waals surface area contributed by atoms with Crippen molar-refractivity contribution < 1.29 is 14.3 Å². The van der Waals surface area contributed by atoms with E-state index in [4.69, 9.17) is 4.74 Å². The Hall–Kier alpha value is -1.84.